The van der Waals surface area contributed by atoms with E-state index in [0.717, 1.165) is 36.3 Å². The van der Waals surface area contributed by atoms with Crippen molar-refractivity contribution in [1.82, 2.24) is 10.3 Å². The van der Waals surface area contributed by atoms with Crippen LogP contribution < -0.4 is 11.1 Å². The number of thiazole rings is 1. The molecule has 0 radical (unpaired) electrons. The molecule has 1 aromatic rings. The molecular formula is C12H19N3OS. The van der Waals surface area contributed by atoms with Crippen LogP contribution in [-0.4, -0.2) is 16.9 Å². The number of nitrogens with two attached hydrogens (primary N) is 1. The lowest BCUT2D eigenvalue weighted by atomic mass is 9.85. The maximum atomic E-state index is 12.0. The van der Waals surface area contributed by atoms with E-state index in [9.17, 15) is 4.79 Å². The van der Waals surface area contributed by atoms with Crippen molar-refractivity contribution >= 4 is 17.2 Å². The molecule has 0 bridgehead atoms. The Labute approximate surface area is 106 Å². The van der Waals surface area contributed by atoms with Gasteiger partial charge in [-0.25, -0.2) is 4.98 Å². The summed E-state index contributed by atoms with van der Waals surface area (Å²) in [7, 11) is 0. The molecular weight excluding hydrogens is 234 g/mol. The molecule has 0 saturated heterocycles. The van der Waals surface area contributed by atoms with Gasteiger partial charge >= 0.3 is 0 Å². The third kappa shape index (κ3) is 3.26. The molecule has 17 heavy (non-hydrogen) atoms. The quantitative estimate of drug-likeness (QED) is 0.859. The second-order valence-corrected chi connectivity index (χ2v) is 5.64. The lowest BCUT2D eigenvalue weighted by Crippen LogP contribution is -2.37. The smallest absolute Gasteiger partial charge is 0.223 e. The number of nitrogens with zero attached hydrogens (tertiary/aromatic N) is 1. The van der Waals surface area contributed by atoms with Crippen molar-refractivity contribution in [2.24, 2.45) is 11.7 Å². The molecule has 5 heteroatoms. The van der Waals surface area contributed by atoms with Gasteiger partial charge in [-0.05, 0) is 26.2 Å². The maximum Gasteiger partial charge on any atom is 0.223 e. The van der Waals surface area contributed by atoms with Crippen molar-refractivity contribution in [1.29, 1.82) is 0 Å². The van der Waals surface area contributed by atoms with Crippen LogP contribution >= 0.6 is 11.3 Å². The minimum atomic E-state index is 0.104. The highest BCUT2D eigenvalue weighted by Gasteiger charge is 2.25. The molecule has 1 aromatic heterocycles. The van der Waals surface area contributed by atoms with Gasteiger partial charge in [-0.2, -0.15) is 0 Å². The monoisotopic (exact) mass is 253 g/mol. The molecule has 3 N–H and O–H groups in total. The molecule has 94 valence electrons. The fourth-order valence-electron chi connectivity index (χ4n) is 2.27. The van der Waals surface area contributed by atoms with Crippen molar-refractivity contribution < 1.29 is 4.79 Å². The second-order valence-electron chi connectivity index (χ2n) is 4.70. The van der Waals surface area contributed by atoms with E-state index >= 15 is 0 Å². The van der Waals surface area contributed by atoms with Crippen LogP contribution in [0.15, 0.2) is 5.51 Å². The normalized spacial score (nSPS) is 24.6. The first-order valence-corrected chi connectivity index (χ1v) is 6.97. The van der Waals surface area contributed by atoms with E-state index in [1.165, 1.54) is 0 Å². The van der Waals surface area contributed by atoms with Gasteiger partial charge in [0.1, 0.15) is 0 Å². The van der Waals surface area contributed by atoms with Gasteiger partial charge in [0.05, 0.1) is 17.7 Å². The molecule has 2 atom stereocenters. The second kappa shape index (κ2) is 5.60. The van der Waals surface area contributed by atoms with Gasteiger partial charge < -0.3 is 11.1 Å². The van der Waals surface area contributed by atoms with Crippen LogP contribution in [0.5, 0.6) is 0 Å². The van der Waals surface area contributed by atoms with Gasteiger partial charge in [-0.15, -0.1) is 11.3 Å². The highest BCUT2D eigenvalue weighted by molar-refractivity contribution is 7.09. The molecule has 1 heterocycles. The molecule has 0 aliphatic heterocycles. The Balaban J connectivity index is 1.83. The van der Waals surface area contributed by atoms with Crippen molar-refractivity contribution in [3.8, 4) is 0 Å². The van der Waals surface area contributed by atoms with Gasteiger partial charge in [0.15, 0.2) is 0 Å². The minimum Gasteiger partial charge on any atom is -0.351 e. The van der Waals surface area contributed by atoms with Crippen molar-refractivity contribution in [3.05, 3.63) is 16.1 Å². The number of aryl methyl sites for hydroxylation is 1. The number of rotatable bonds is 3. The Morgan fingerprint density at radius 1 is 1.65 bits per heavy atom. The first kappa shape index (κ1) is 12.5. The molecule has 0 spiro atoms. The van der Waals surface area contributed by atoms with E-state index in [-0.39, 0.29) is 17.9 Å². The number of hydrogen-bond acceptors (Lipinski definition) is 4. The van der Waals surface area contributed by atoms with E-state index in [1.807, 2.05) is 12.4 Å². The molecule has 1 aliphatic rings. The fraction of sp³-hybridized carbons (Fsp3) is 0.667. The Kier molecular flexibility index (Phi) is 4.12. The Bertz CT molecular complexity index is 391. The summed E-state index contributed by atoms with van der Waals surface area (Å²) in [6.07, 6.45) is 3.92. The number of nitrogens with one attached hydrogen (secondary N) is 1. The zero-order valence-corrected chi connectivity index (χ0v) is 10.9. The molecule has 4 nitrogen and oxygen atoms in total. The van der Waals surface area contributed by atoms with E-state index in [1.54, 1.807) is 11.3 Å². The van der Waals surface area contributed by atoms with Crippen molar-refractivity contribution in [3.63, 3.8) is 0 Å². The van der Waals surface area contributed by atoms with E-state index in [2.05, 4.69) is 10.3 Å². The fourth-order valence-corrected chi connectivity index (χ4v) is 2.99. The van der Waals surface area contributed by atoms with Crippen molar-refractivity contribution in [2.45, 2.75) is 45.2 Å². The molecule has 1 saturated carbocycles. The standard InChI is InChI=1S/C12H19N3OS/c1-8-11(17-7-15-8)6-14-12(16)9-3-2-4-10(13)5-9/h7,9-10H,2-6,13H2,1H3,(H,14,16). The van der Waals surface area contributed by atoms with Gasteiger partial charge in [0, 0.05) is 16.8 Å². The lowest BCUT2D eigenvalue weighted by molar-refractivity contribution is -0.126. The minimum absolute atomic E-state index is 0.104. The maximum absolute atomic E-state index is 12.0. The van der Waals surface area contributed by atoms with E-state index < -0.39 is 0 Å². The number of carbonyl (C=O) groups is 1. The highest BCUT2D eigenvalue weighted by atomic mass is 32.1. The lowest BCUT2D eigenvalue weighted by Gasteiger charge is -2.25. The van der Waals surface area contributed by atoms with Gasteiger partial charge in [0.25, 0.3) is 0 Å². The van der Waals surface area contributed by atoms with Gasteiger partial charge in [-0.3, -0.25) is 4.79 Å². The zero-order chi connectivity index (χ0) is 12.3. The van der Waals surface area contributed by atoms with Crippen LogP contribution in [0.4, 0.5) is 0 Å². The summed E-state index contributed by atoms with van der Waals surface area (Å²) in [5, 5.41) is 2.99. The Morgan fingerprint density at radius 2 is 2.47 bits per heavy atom. The number of aromatic nitrogens is 1. The third-order valence-corrected chi connectivity index (χ3v) is 4.29. The average Bonchev–Trinajstić information content (AvgIpc) is 2.72. The Hall–Kier alpha value is -0.940. The number of amides is 1. The van der Waals surface area contributed by atoms with Crippen molar-refractivity contribution in [2.75, 3.05) is 0 Å². The molecule has 1 fully saturated rings. The molecule has 2 rings (SSSR count). The molecule has 1 aliphatic carbocycles. The SMILES string of the molecule is Cc1ncsc1CNC(=O)C1CCCC(N)C1. The van der Waals surface area contributed by atoms with Crippen LogP contribution in [0, 0.1) is 12.8 Å². The zero-order valence-electron chi connectivity index (χ0n) is 10.1. The third-order valence-electron chi connectivity index (χ3n) is 3.35. The largest absolute Gasteiger partial charge is 0.351 e. The topological polar surface area (TPSA) is 68.0 Å². The highest BCUT2D eigenvalue weighted by Crippen LogP contribution is 2.23. The summed E-state index contributed by atoms with van der Waals surface area (Å²) < 4.78 is 0. The number of carbonyl (C=O) groups excluding carboxylic acids is 1. The molecule has 2 unspecified atom stereocenters. The number of hydrogen-bond donors (Lipinski definition) is 2. The summed E-state index contributed by atoms with van der Waals surface area (Å²) >= 11 is 1.59. The molecule has 1 amide bonds. The van der Waals surface area contributed by atoms with Gasteiger partial charge in [-0.1, -0.05) is 6.42 Å². The van der Waals surface area contributed by atoms with Crippen LogP contribution in [0.3, 0.4) is 0 Å². The predicted octanol–water partition coefficient (Wildman–Crippen LogP) is 1.59. The Morgan fingerprint density at radius 3 is 3.12 bits per heavy atom. The van der Waals surface area contributed by atoms with Crippen LogP contribution in [0.1, 0.15) is 36.3 Å². The summed E-state index contributed by atoms with van der Waals surface area (Å²) in [5.41, 5.74) is 8.71. The summed E-state index contributed by atoms with van der Waals surface area (Å²) in [6.45, 7) is 2.57. The predicted molar refractivity (Wildman–Crippen MR) is 68.6 cm³/mol. The van der Waals surface area contributed by atoms with Crippen LogP contribution in [-0.2, 0) is 11.3 Å². The van der Waals surface area contributed by atoms with E-state index in [4.69, 9.17) is 5.73 Å². The van der Waals surface area contributed by atoms with Crippen LogP contribution in [0.25, 0.3) is 0 Å². The van der Waals surface area contributed by atoms with E-state index in [0.29, 0.717) is 6.54 Å². The van der Waals surface area contributed by atoms with Gasteiger partial charge in [0.2, 0.25) is 5.91 Å². The van der Waals surface area contributed by atoms with Crippen LogP contribution in [0.2, 0.25) is 0 Å². The first-order chi connectivity index (χ1) is 8.16. The first-order valence-electron chi connectivity index (χ1n) is 6.09. The average molecular weight is 253 g/mol. The summed E-state index contributed by atoms with van der Waals surface area (Å²) in [5.74, 6) is 0.250. The summed E-state index contributed by atoms with van der Waals surface area (Å²) in [6, 6.07) is 0.199. The summed E-state index contributed by atoms with van der Waals surface area (Å²) in [4.78, 5) is 17.3. The molecule has 0 aromatic carbocycles.